The lowest BCUT2D eigenvalue weighted by Crippen LogP contribution is -2.07. The average Bonchev–Trinajstić information content (AvgIpc) is 2.46. The second kappa shape index (κ2) is 5.02. The highest BCUT2D eigenvalue weighted by atomic mass is 19.1. The fraction of sp³-hybridized carbons (Fsp3) is 0.118. The maximum atomic E-state index is 13.6. The van der Waals surface area contributed by atoms with E-state index in [1.54, 1.807) is 12.3 Å². The molecule has 2 nitrogen and oxygen atoms in total. The van der Waals surface area contributed by atoms with Gasteiger partial charge in [0, 0.05) is 17.6 Å². The van der Waals surface area contributed by atoms with Crippen LogP contribution in [0.2, 0.25) is 0 Å². The van der Waals surface area contributed by atoms with Gasteiger partial charge < -0.3 is 5.73 Å². The number of pyridine rings is 1. The summed E-state index contributed by atoms with van der Waals surface area (Å²) in [6.07, 6.45) is 1.75. The van der Waals surface area contributed by atoms with Crippen LogP contribution in [-0.2, 0) is 0 Å². The van der Waals surface area contributed by atoms with Crippen LogP contribution >= 0.6 is 0 Å². The molecule has 0 aliphatic heterocycles. The first-order valence-electron chi connectivity index (χ1n) is 6.55. The number of fused-ring (bicyclic) bond motifs is 1. The van der Waals surface area contributed by atoms with E-state index in [2.05, 4.69) is 4.98 Å². The Morgan fingerprint density at radius 2 is 1.95 bits per heavy atom. The fourth-order valence-corrected chi connectivity index (χ4v) is 2.41. The van der Waals surface area contributed by atoms with Crippen LogP contribution in [0.25, 0.3) is 22.0 Å². The lowest BCUT2D eigenvalue weighted by molar-refractivity contribution is 0.626. The van der Waals surface area contributed by atoms with E-state index in [0.29, 0.717) is 0 Å². The molecule has 1 unspecified atom stereocenters. The zero-order chi connectivity index (χ0) is 14.1. The Kier molecular flexibility index (Phi) is 3.20. The smallest absolute Gasteiger partial charge is 0.123 e. The summed E-state index contributed by atoms with van der Waals surface area (Å²) >= 11 is 0. The monoisotopic (exact) mass is 266 g/mol. The first-order chi connectivity index (χ1) is 9.65. The predicted octanol–water partition coefficient (Wildman–Crippen LogP) is 4.06. The first kappa shape index (κ1) is 12.8. The molecule has 20 heavy (non-hydrogen) atoms. The lowest BCUT2D eigenvalue weighted by Gasteiger charge is -2.13. The molecule has 0 aliphatic carbocycles. The molecule has 0 spiro atoms. The Labute approximate surface area is 117 Å². The number of hydrogen-bond acceptors (Lipinski definition) is 2. The predicted molar refractivity (Wildman–Crippen MR) is 79.7 cm³/mol. The topological polar surface area (TPSA) is 38.9 Å². The summed E-state index contributed by atoms with van der Waals surface area (Å²) in [7, 11) is 0. The molecular weight excluding hydrogens is 251 g/mol. The highest BCUT2D eigenvalue weighted by molar-refractivity contribution is 5.84. The van der Waals surface area contributed by atoms with Crippen LogP contribution in [-0.4, -0.2) is 4.98 Å². The number of benzene rings is 2. The zero-order valence-electron chi connectivity index (χ0n) is 11.2. The zero-order valence-corrected chi connectivity index (χ0v) is 11.2. The van der Waals surface area contributed by atoms with Crippen LogP contribution < -0.4 is 5.73 Å². The lowest BCUT2D eigenvalue weighted by atomic mass is 9.95. The quantitative estimate of drug-likeness (QED) is 0.759. The van der Waals surface area contributed by atoms with Gasteiger partial charge in [-0.15, -0.1) is 0 Å². The summed E-state index contributed by atoms with van der Waals surface area (Å²) in [4.78, 5) is 4.34. The summed E-state index contributed by atoms with van der Waals surface area (Å²) in [6.45, 7) is 1.90. The molecule has 3 rings (SSSR count). The number of nitrogens with zero attached hydrogens (tertiary/aromatic N) is 1. The molecule has 100 valence electrons. The van der Waals surface area contributed by atoms with E-state index in [9.17, 15) is 4.39 Å². The number of aromatic nitrogens is 1. The van der Waals surface area contributed by atoms with Crippen LogP contribution in [0.5, 0.6) is 0 Å². The summed E-state index contributed by atoms with van der Waals surface area (Å²) in [5.74, 6) is -0.259. The van der Waals surface area contributed by atoms with Crippen molar-refractivity contribution in [3.8, 4) is 11.1 Å². The van der Waals surface area contributed by atoms with Crippen molar-refractivity contribution < 1.29 is 4.39 Å². The largest absolute Gasteiger partial charge is 0.324 e. The molecule has 3 aromatic rings. The van der Waals surface area contributed by atoms with Gasteiger partial charge in [0.1, 0.15) is 5.82 Å². The standard InChI is InChI=1S/C17H15FN2/c1-11(19)15-7-6-14(18)10-16(15)13-5-4-12-3-2-8-20-17(12)9-13/h2-11H,19H2,1H3. The normalized spacial score (nSPS) is 12.6. The van der Waals surface area contributed by atoms with Crippen molar-refractivity contribution in [2.45, 2.75) is 13.0 Å². The minimum atomic E-state index is -0.259. The number of hydrogen-bond donors (Lipinski definition) is 1. The summed E-state index contributed by atoms with van der Waals surface area (Å²) in [5.41, 5.74) is 9.56. The van der Waals surface area contributed by atoms with Crippen molar-refractivity contribution in [1.82, 2.24) is 4.98 Å². The van der Waals surface area contributed by atoms with Crippen LogP contribution in [0.15, 0.2) is 54.7 Å². The molecule has 1 atom stereocenters. The van der Waals surface area contributed by atoms with Gasteiger partial charge in [-0.1, -0.05) is 24.3 Å². The molecular formula is C17H15FN2. The van der Waals surface area contributed by atoms with Gasteiger partial charge in [-0.2, -0.15) is 0 Å². The van der Waals surface area contributed by atoms with Crippen molar-refractivity contribution >= 4 is 10.9 Å². The van der Waals surface area contributed by atoms with Gasteiger partial charge in [0.15, 0.2) is 0 Å². The minimum absolute atomic E-state index is 0.148. The van der Waals surface area contributed by atoms with Gasteiger partial charge in [-0.25, -0.2) is 4.39 Å². The van der Waals surface area contributed by atoms with Crippen LogP contribution in [0.3, 0.4) is 0 Å². The van der Waals surface area contributed by atoms with Crippen molar-refractivity contribution in [3.05, 3.63) is 66.1 Å². The molecule has 3 heteroatoms. The van der Waals surface area contributed by atoms with Crippen LogP contribution in [0.1, 0.15) is 18.5 Å². The molecule has 0 aliphatic rings. The molecule has 0 saturated carbocycles. The molecule has 1 aromatic heterocycles. The van der Waals surface area contributed by atoms with Gasteiger partial charge in [-0.3, -0.25) is 4.98 Å². The third kappa shape index (κ3) is 2.28. The maximum absolute atomic E-state index is 13.6. The van der Waals surface area contributed by atoms with E-state index in [4.69, 9.17) is 5.73 Å². The summed E-state index contributed by atoms with van der Waals surface area (Å²) in [5, 5.41) is 1.06. The Balaban J connectivity index is 2.22. The SMILES string of the molecule is CC(N)c1ccc(F)cc1-c1ccc2cccnc2c1. The van der Waals surface area contributed by atoms with Crippen molar-refractivity contribution in [2.75, 3.05) is 0 Å². The minimum Gasteiger partial charge on any atom is -0.324 e. The van der Waals surface area contributed by atoms with Gasteiger partial charge >= 0.3 is 0 Å². The van der Waals surface area contributed by atoms with Gasteiger partial charge in [0.25, 0.3) is 0 Å². The third-order valence-corrected chi connectivity index (χ3v) is 3.42. The molecule has 0 bridgehead atoms. The van der Waals surface area contributed by atoms with Crippen LogP contribution in [0.4, 0.5) is 4.39 Å². The number of rotatable bonds is 2. The maximum Gasteiger partial charge on any atom is 0.123 e. The Morgan fingerprint density at radius 3 is 2.75 bits per heavy atom. The Hall–Kier alpha value is -2.26. The highest BCUT2D eigenvalue weighted by Gasteiger charge is 2.10. The van der Waals surface area contributed by atoms with E-state index in [1.807, 2.05) is 37.3 Å². The van der Waals surface area contributed by atoms with E-state index >= 15 is 0 Å². The molecule has 2 N–H and O–H groups in total. The molecule has 2 aromatic carbocycles. The molecule has 0 radical (unpaired) electrons. The number of nitrogens with two attached hydrogens (primary N) is 1. The summed E-state index contributed by atoms with van der Waals surface area (Å²) in [6, 6.07) is 14.4. The van der Waals surface area contributed by atoms with Gasteiger partial charge in [0.05, 0.1) is 5.52 Å². The van der Waals surface area contributed by atoms with Crippen molar-refractivity contribution in [1.29, 1.82) is 0 Å². The highest BCUT2D eigenvalue weighted by Crippen LogP contribution is 2.30. The molecule has 0 amide bonds. The Bertz CT molecular complexity index is 766. The molecule has 1 heterocycles. The summed E-state index contributed by atoms with van der Waals surface area (Å²) < 4.78 is 13.6. The van der Waals surface area contributed by atoms with E-state index < -0.39 is 0 Å². The number of halogens is 1. The van der Waals surface area contributed by atoms with Gasteiger partial charge in [0.2, 0.25) is 0 Å². The van der Waals surface area contributed by atoms with Gasteiger partial charge in [-0.05, 0) is 47.9 Å². The molecule has 0 saturated heterocycles. The average molecular weight is 266 g/mol. The first-order valence-corrected chi connectivity index (χ1v) is 6.55. The van der Waals surface area contributed by atoms with E-state index in [-0.39, 0.29) is 11.9 Å². The second-order valence-corrected chi connectivity index (χ2v) is 4.93. The fourth-order valence-electron chi connectivity index (χ4n) is 2.41. The van der Waals surface area contributed by atoms with Crippen molar-refractivity contribution in [2.24, 2.45) is 5.73 Å². The van der Waals surface area contributed by atoms with Crippen molar-refractivity contribution in [3.63, 3.8) is 0 Å². The van der Waals surface area contributed by atoms with Crippen LogP contribution in [0, 0.1) is 5.82 Å². The van der Waals surface area contributed by atoms with E-state index in [1.165, 1.54) is 12.1 Å². The third-order valence-electron chi connectivity index (χ3n) is 3.42. The second-order valence-electron chi connectivity index (χ2n) is 4.93. The molecule has 0 fully saturated rings. The van der Waals surface area contributed by atoms with E-state index in [0.717, 1.165) is 27.6 Å². The Morgan fingerprint density at radius 1 is 1.10 bits per heavy atom.